The molecule has 10 heavy (non-hydrogen) atoms. The molecular formula is C8H14O2. The Balaban J connectivity index is 2.23. The predicted molar refractivity (Wildman–Crippen MR) is 38.5 cm³/mol. The van der Waals surface area contributed by atoms with Gasteiger partial charge in [-0.1, -0.05) is 6.92 Å². The normalized spacial score (nSPS) is 30.4. The zero-order valence-corrected chi connectivity index (χ0v) is 6.76. The molecule has 1 saturated carbocycles. The Hall–Kier alpha value is -0.530. The Morgan fingerprint density at radius 1 is 1.60 bits per heavy atom. The number of hydrogen-bond donors (Lipinski definition) is 0. The summed E-state index contributed by atoms with van der Waals surface area (Å²) in [7, 11) is 0. The van der Waals surface area contributed by atoms with Crippen LogP contribution in [0.1, 0.15) is 27.2 Å². The molecule has 0 N–H and O–H groups in total. The minimum Gasteiger partial charge on any atom is -0.463 e. The fourth-order valence-corrected chi connectivity index (χ4v) is 0.970. The largest absolute Gasteiger partial charge is 0.463 e. The molecule has 0 radical (unpaired) electrons. The second-order valence-corrected chi connectivity index (χ2v) is 3.31. The van der Waals surface area contributed by atoms with Crippen LogP contribution in [0.4, 0.5) is 0 Å². The lowest BCUT2D eigenvalue weighted by Gasteiger charge is -2.05. The van der Waals surface area contributed by atoms with E-state index in [0.29, 0.717) is 5.92 Å². The Kier molecular flexibility index (Phi) is 1.97. The Labute approximate surface area is 61.6 Å². The van der Waals surface area contributed by atoms with Gasteiger partial charge in [0.1, 0.15) is 0 Å². The smallest absolute Gasteiger partial charge is 0.309 e. The first kappa shape index (κ1) is 7.58. The maximum absolute atomic E-state index is 11.0. The third kappa shape index (κ3) is 1.72. The molecule has 2 heteroatoms. The van der Waals surface area contributed by atoms with Crippen molar-refractivity contribution in [1.29, 1.82) is 0 Å². The van der Waals surface area contributed by atoms with Crippen molar-refractivity contribution in [3.8, 4) is 0 Å². The number of carbonyl (C=O) groups excluding carboxylic acids is 1. The lowest BCUT2D eigenvalue weighted by molar-refractivity contribution is -0.149. The van der Waals surface area contributed by atoms with Crippen LogP contribution in [0.25, 0.3) is 0 Å². The van der Waals surface area contributed by atoms with E-state index in [9.17, 15) is 4.79 Å². The summed E-state index contributed by atoms with van der Waals surface area (Å²) in [5.74, 6) is 0.760. The number of carbonyl (C=O) groups is 1. The molecule has 0 spiro atoms. The van der Waals surface area contributed by atoms with Crippen LogP contribution in [0.5, 0.6) is 0 Å². The van der Waals surface area contributed by atoms with E-state index in [1.165, 1.54) is 0 Å². The monoisotopic (exact) mass is 142 g/mol. The van der Waals surface area contributed by atoms with Gasteiger partial charge in [0.15, 0.2) is 0 Å². The van der Waals surface area contributed by atoms with E-state index in [1.54, 1.807) is 0 Å². The summed E-state index contributed by atoms with van der Waals surface area (Å²) in [5, 5.41) is 0. The Morgan fingerprint density at radius 3 is 2.40 bits per heavy atom. The number of ether oxygens (including phenoxy) is 1. The zero-order chi connectivity index (χ0) is 7.72. The summed E-state index contributed by atoms with van der Waals surface area (Å²) in [6.45, 7) is 5.84. The van der Waals surface area contributed by atoms with E-state index in [0.717, 1.165) is 6.42 Å². The van der Waals surface area contributed by atoms with E-state index in [2.05, 4.69) is 6.92 Å². The minimum atomic E-state index is -0.0116. The predicted octanol–water partition coefficient (Wildman–Crippen LogP) is 1.59. The van der Waals surface area contributed by atoms with Crippen molar-refractivity contribution in [2.24, 2.45) is 11.8 Å². The average molecular weight is 142 g/mol. The molecule has 0 aromatic carbocycles. The fourth-order valence-electron chi connectivity index (χ4n) is 0.970. The van der Waals surface area contributed by atoms with Crippen molar-refractivity contribution in [1.82, 2.24) is 0 Å². The van der Waals surface area contributed by atoms with Gasteiger partial charge in [-0.3, -0.25) is 4.79 Å². The molecule has 0 saturated heterocycles. The standard InChI is InChI=1S/C8H14O2/c1-5(2)10-8(9)7-4-6(7)3/h5-7H,4H2,1-3H3/t6-,7-/m1/s1. The molecule has 2 nitrogen and oxygen atoms in total. The van der Waals surface area contributed by atoms with Gasteiger partial charge in [-0.15, -0.1) is 0 Å². The third-order valence-electron chi connectivity index (χ3n) is 1.76. The first-order valence-electron chi connectivity index (χ1n) is 3.81. The zero-order valence-electron chi connectivity index (χ0n) is 6.76. The quantitative estimate of drug-likeness (QED) is 0.547. The van der Waals surface area contributed by atoms with Crippen LogP contribution in [0.2, 0.25) is 0 Å². The maximum atomic E-state index is 11.0. The van der Waals surface area contributed by atoms with Gasteiger partial charge in [0.25, 0.3) is 0 Å². The molecule has 1 fully saturated rings. The molecule has 0 aliphatic heterocycles. The highest BCUT2D eigenvalue weighted by molar-refractivity contribution is 5.75. The lowest BCUT2D eigenvalue weighted by atomic mass is 10.3. The van der Waals surface area contributed by atoms with Crippen molar-refractivity contribution < 1.29 is 9.53 Å². The first-order valence-corrected chi connectivity index (χ1v) is 3.81. The molecule has 0 unspecified atom stereocenters. The van der Waals surface area contributed by atoms with Crippen molar-refractivity contribution in [2.45, 2.75) is 33.3 Å². The van der Waals surface area contributed by atoms with E-state index in [-0.39, 0.29) is 18.0 Å². The average Bonchev–Trinajstić information content (AvgIpc) is 2.44. The van der Waals surface area contributed by atoms with Crippen LogP contribution in [0.3, 0.4) is 0 Å². The molecule has 0 aromatic heterocycles. The van der Waals surface area contributed by atoms with Crippen LogP contribution >= 0.6 is 0 Å². The summed E-state index contributed by atoms with van der Waals surface area (Å²) in [6, 6.07) is 0. The van der Waals surface area contributed by atoms with E-state index < -0.39 is 0 Å². The van der Waals surface area contributed by atoms with Gasteiger partial charge in [0.2, 0.25) is 0 Å². The molecule has 0 heterocycles. The number of rotatable bonds is 2. The molecule has 1 aliphatic rings. The van der Waals surface area contributed by atoms with Crippen LogP contribution < -0.4 is 0 Å². The summed E-state index contributed by atoms with van der Waals surface area (Å²) in [4.78, 5) is 11.0. The molecular weight excluding hydrogens is 128 g/mol. The van der Waals surface area contributed by atoms with Crippen LogP contribution in [-0.2, 0) is 9.53 Å². The van der Waals surface area contributed by atoms with Gasteiger partial charge < -0.3 is 4.74 Å². The van der Waals surface area contributed by atoms with E-state index in [1.807, 2.05) is 13.8 Å². The number of hydrogen-bond acceptors (Lipinski definition) is 2. The molecule has 1 rings (SSSR count). The van der Waals surface area contributed by atoms with Crippen molar-refractivity contribution >= 4 is 5.97 Å². The molecule has 1 aliphatic carbocycles. The summed E-state index contributed by atoms with van der Waals surface area (Å²) >= 11 is 0. The van der Waals surface area contributed by atoms with Gasteiger partial charge in [-0.25, -0.2) is 0 Å². The molecule has 58 valence electrons. The highest BCUT2D eigenvalue weighted by atomic mass is 16.5. The van der Waals surface area contributed by atoms with E-state index >= 15 is 0 Å². The van der Waals surface area contributed by atoms with Crippen LogP contribution in [-0.4, -0.2) is 12.1 Å². The van der Waals surface area contributed by atoms with Gasteiger partial charge >= 0.3 is 5.97 Å². The van der Waals surface area contributed by atoms with Gasteiger partial charge in [-0.05, 0) is 26.2 Å². The third-order valence-corrected chi connectivity index (χ3v) is 1.76. The highest BCUT2D eigenvalue weighted by Gasteiger charge is 2.40. The SMILES string of the molecule is CC(C)OC(=O)[C@@H]1C[C@H]1C. The molecule has 0 bridgehead atoms. The Morgan fingerprint density at radius 2 is 2.10 bits per heavy atom. The topological polar surface area (TPSA) is 26.3 Å². The van der Waals surface area contributed by atoms with E-state index in [4.69, 9.17) is 4.74 Å². The maximum Gasteiger partial charge on any atom is 0.309 e. The van der Waals surface area contributed by atoms with Crippen LogP contribution in [0.15, 0.2) is 0 Å². The molecule has 0 aromatic rings. The fraction of sp³-hybridized carbons (Fsp3) is 0.875. The first-order chi connectivity index (χ1) is 4.61. The second-order valence-electron chi connectivity index (χ2n) is 3.31. The van der Waals surface area contributed by atoms with Crippen molar-refractivity contribution in [3.05, 3.63) is 0 Å². The molecule has 0 amide bonds. The minimum absolute atomic E-state index is 0.0116. The van der Waals surface area contributed by atoms with Crippen molar-refractivity contribution in [2.75, 3.05) is 0 Å². The summed E-state index contributed by atoms with van der Waals surface area (Å²) in [6.07, 6.45) is 1.06. The highest BCUT2D eigenvalue weighted by Crippen LogP contribution is 2.38. The Bertz CT molecular complexity index is 140. The number of esters is 1. The van der Waals surface area contributed by atoms with Gasteiger partial charge in [0, 0.05) is 0 Å². The van der Waals surface area contributed by atoms with Crippen molar-refractivity contribution in [3.63, 3.8) is 0 Å². The second kappa shape index (κ2) is 2.60. The summed E-state index contributed by atoms with van der Waals surface area (Å²) in [5.41, 5.74) is 0. The van der Waals surface area contributed by atoms with Gasteiger partial charge in [-0.2, -0.15) is 0 Å². The lowest BCUT2D eigenvalue weighted by Crippen LogP contribution is -2.13. The van der Waals surface area contributed by atoms with Gasteiger partial charge in [0.05, 0.1) is 12.0 Å². The summed E-state index contributed by atoms with van der Waals surface area (Å²) < 4.78 is 5.01. The molecule has 2 atom stereocenters. The van der Waals surface area contributed by atoms with Crippen LogP contribution in [0, 0.1) is 11.8 Å².